The molecule has 6 aliphatic carbocycles. The fourth-order valence-corrected chi connectivity index (χ4v) is 18.0. The van der Waals surface area contributed by atoms with Gasteiger partial charge in [-0.05, 0) is 193 Å². The summed E-state index contributed by atoms with van der Waals surface area (Å²) in [4.78, 5) is 38.1. The molecular formula is C83H83BrCl3F3N6O12. The quantitative estimate of drug-likeness (QED) is 0.0679. The van der Waals surface area contributed by atoms with E-state index in [0.717, 1.165) is 178 Å². The van der Waals surface area contributed by atoms with Gasteiger partial charge in [0.15, 0.2) is 0 Å². The van der Waals surface area contributed by atoms with E-state index in [1.165, 1.54) is 69.9 Å². The van der Waals surface area contributed by atoms with E-state index in [-0.39, 0.29) is 41.0 Å². The van der Waals surface area contributed by atoms with Crippen LogP contribution in [0.1, 0.15) is 177 Å². The van der Waals surface area contributed by atoms with Gasteiger partial charge >= 0.3 is 17.9 Å². The molecule has 6 aromatic carbocycles. The van der Waals surface area contributed by atoms with Crippen LogP contribution >= 0.6 is 50.7 Å². The Morgan fingerprint density at radius 3 is 1.20 bits per heavy atom. The van der Waals surface area contributed by atoms with Crippen molar-refractivity contribution in [1.82, 2.24) is 20.8 Å². The van der Waals surface area contributed by atoms with Crippen molar-refractivity contribution in [3.8, 4) is 33.8 Å². The van der Waals surface area contributed by atoms with Crippen LogP contribution in [0.15, 0.2) is 127 Å². The highest BCUT2D eigenvalue weighted by atomic mass is 79.9. The van der Waals surface area contributed by atoms with E-state index in [1.54, 1.807) is 18.2 Å². The molecule has 3 saturated heterocycles. The second-order valence-electron chi connectivity index (χ2n) is 29.9. The number of carboxylic acid groups (broad SMARTS) is 1. The lowest BCUT2D eigenvalue weighted by Gasteiger charge is -2.33. The van der Waals surface area contributed by atoms with Gasteiger partial charge in [0.1, 0.15) is 51.8 Å². The van der Waals surface area contributed by atoms with Gasteiger partial charge < -0.3 is 57.5 Å². The number of aromatic nitrogens is 3. The zero-order valence-electron chi connectivity index (χ0n) is 60.4. The molecule has 3 aromatic heterocycles. The lowest BCUT2D eigenvalue weighted by molar-refractivity contribution is 0.00912. The zero-order chi connectivity index (χ0) is 75.3. The van der Waals surface area contributed by atoms with E-state index < -0.39 is 35.4 Å². The molecule has 0 radical (unpaired) electrons. The van der Waals surface area contributed by atoms with Gasteiger partial charge in [-0.15, -0.1) is 0 Å². The summed E-state index contributed by atoms with van der Waals surface area (Å²) < 4.78 is 88.0. The monoisotopic (exact) mass is 1600 g/mol. The Morgan fingerprint density at radius 2 is 0.889 bits per heavy atom. The summed E-state index contributed by atoms with van der Waals surface area (Å²) in [7, 11) is 2.46. The van der Waals surface area contributed by atoms with Gasteiger partial charge in [0.2, 0.25) is 0 Å². The molecule has 566 valence electrons. The van der Waals surface area contributed by atoms with Crippen LogP contribution in [0.5, 0.6) is 0 Å². The highest BCUT2D eigenvalue weighted by Gasteiger charge is 2.48. The summed E-state index contributed by atoms with van der Waals surface area (Å²) in [6.45, 7) is 10.2. The third kappa shape index (κ3) is 15.9. The molecule has 0 spiro atoms. The first kappa shape index (κ1) is 75.4. The first-order valence-corrected chi connectivity index (χ1v) is 38.9. The molecule has 108 heavy (non-hydrogen) atoms. The highest BCUT2D eigenvalue weighted by molar-refractivity contribution is 9.10. The number of aryl methyl sites for hydroxylation is 3. The molecule has 9 aliphatic rings. The Kier molecular flexibility index (Phi) is 22.4. The minimum atomic E-state index is -1.25. The molecule has 0 unspecified atom stereocenters. The first-order valence-electron chi connectivity index (χ1n) is 37.0. The van der Waals surface area contributed by atoms with Gasteiger partial charge in [0.25, 0.3) is 0 Å². The second kappa shape index (κ2) is 32.1. The van der Waals surface area contributed by atoms with Crippen molar-refractivity contribution < 1.29 is 69.9 Å². The van der Waals surface area contributed by atoms with Crippen LogP contribution in [-0.2, 0) is 43.5 Å². The molecule has 3 aliphatic heterocycles. The lowest BCUT2D eigenvalue weighted by atomic mass is 10.00. The van der Waals surface area contributed by atoms with Crippen LogP contribution < -0.4 is 15.1 Å². The minimum absolute atomic E-state index is 0.0448. The fraction of sp³-hybridized carbons (Fsp3) is 0.422. The number of rotatable bonds is 20. The highest BCUT2D eigenvalue weighted by Crippen LogP contribution is 2.51. The summed E-state index contributed by atoms with van der Waals surface area (Å²) in [6, 6.07) is 32.1. The van der Waals surface area contributed by atoms with Crippen molar-refractivity contribution in [1.29, 1.82) is 0 Å². The Morgan fingerprint density at radius 1 is 0.509 bits per heavy atom. The number of hydrogen-bond acceptors (Lipinski definition) is 17. The standard InChI is InChI=1S/C28H28ClFN2O4.C27H26ClFN2O4.C20H23ClN2O2.C8H6BrFO2/c1-15-4-3-5-22(29)25(15)26-21(27(36-31-26)16-6-7-16)14-35-24-12-19-10-17(24)13-32(19)18-8-9-20(23(30)11-18)28(33)34-2;1-14-3-2-4-21(28)24(14)25-20(26(35-30-25)15-5-6-15)13-34-23-11-18-9-16(23)12-31(18)17-7-8-19(27(32)33)22(29)10-17;1-11-3-2-4-16(21)18(11)19-15(20(25-23-19)12-5-6-12)10-24-17-8-14-7-13(17)9-22-14;1-12-8(11)6-3-2-5(9)4-7(6)10/h3-5,8-9,11,16-17,19,24H,6-7,10,12-14H2,1-2H3;2-4,7-8,10,15-16,18,23H,5-6,9,11-13H2,1H3,(H,32,33);2-4,12-14,17,22H,5-10H2,1H3;2-4H,1H3/t17-,19-,24+;16-,18-,23+;13-,14-,17+;/m000./s1. The van der Waals surface area contributed by atoms with E-state index in [1.807, 2.05) is 62.4 Å². The number of carboxylic acids is 1. The number of esters is 2. The number of halogens is 7. The lowest BCUT2D eigenvalue weighted by Crippen LogP contribution is -2.38. The van der Waals surface area contributed by atoms with Crippen LogP contribution in [0.3, 0.4) is 0 Å². The molecule has 9 aromatic rings. The van der Waals surface area contributed by atoms with Gasteiger partial charge in [-0.25, -0.2) is 27.6 Å². The minimum Gasteiger partial charge on any atom is -0.478 e. The van der Waals surface area contributed by atoms with Crippen LogP contribution in [0.4, 0.5) is 24.5 Å². The maximum Gasteiger partial charge on any atom is 0.340 e. The van der Waals surface area contributed by atoms with Gasteiger partial charge in [-0.1, -0.05) is 103 Å². The summed E-state index contributed by atoms with van der Waals surface area (Å²) in [5.41, 5.74) is 12.7. The maximum absolute atomic E-state index is 14.5. The number of piperidine rings is 3. The normalized spacial score (nSPS) is 22.7. The number of carbonyl (C=O) groups excluding carboxylic acids is 2. The molecule has 2 N–H and O–H groups in total. The third-order valence-corrected chi connectivity index (χ3v) is 24.2. The summed E-state index contributed by atoms with van der Waals surface area (Å²) in [5, 5.41) is 27.9. The topological polar surface area (TPSA) is 214 Å². The van der Waals surface area contributed by atoms with Gasteiger partial charge in [-0.3, -0.25) is 0 Å². The van der Waals surface area contributed by atoms with Crippen molar-refractivity contribution >= 4 is 80.0 Å². The van der Waals surface area contributed by atoms with E-state index in [9.17, 15) is 27.6 Å². The van der Waals surface area contributed by atoms with Crippen LogP contribution in [0.25, 0.3) is 33.8 Å². The number of nitrogens with zero attached hydrogens (tertiary/aromatic N) is 5. The van der Waals surface area contributed by atoms with Gasteiger partial charge in [0, 0.05) is 117 Å². The predicted molar refractivity (Wildman–Crippen MR) is 405 cm³/mol. The number of ether oxygens (including phenoxy) is 5. The van der Waals surface area contributed by atoms with E-state index >= 15 is 0 Å². The number of fused-ring (bicyclic) bond motifs is 6. The molecular weight excluding hydrogens is 1520 g/mol. The molecule has 6 heterocycles. The molecule has 25 heteroatoms. The van der Waals surface area contributed by atoms with Gasteiger partial charge in [-0.2, -0.15) is 0 Å². The third-order valence-electron chi connectivity index (χ3n) is 22.8. The molecule has 6 bridgehead atoms. The Balaban J connectivity index is 0.000000121. The smallest absolute Gasteiger partial charge is 0.340 e. The van der Waals surface area contributed by atoms with E-state index in [0.29, 0.717) is 82.0 Å². The van der Waals surface area contributed by atoms with Crippen molar-refractivity contribution in [3.05, 3.63) is 214 Å². The fourth-order valence-electron chi connectivity index (χ4n) is 16.8. The molecule has 6 saturated carbocycles. The van der Waals surface area contributed by atoms with E-state index in [4.69, 9.17) is 67.7 Å². The molecule has 0 amide bonds. The number of benzene rings is 6. The number of nitrogens with one attached hydrogen (secondary N) is 1. The van der Waals surface area contributed by atoms with Gasteiger partial charge in [0.05, 0.1) is 84.1 Å². The average Bonchev–Trinajstić information content (AvgIpc) is 1.61. The Bertz CT molecular complexity index is 4810. The van der Waals surface area contributed by atoms with Crippen LogP contribution in [0.2, 0.25) is 15.1 Å². The summed E-state index contributed by atoms with van der Waals surface area (Å²) in [6.07, 6.45) is 13.4. The SMILES string of the molecule is COC(=O)c1ccc(Br)cc1F.COC(=O)c1ccc(N2C[C@@H]3C[C@H]2C[C@H]3OCc2c(-c3c(C)cccc3Cl)noc2C2CC2)cc1F.Cc1cccc(Cl)c1-c1noc(C2CC2)c1CO[C@@H]1C[C@@H]2C[C@H]1CN2.Cc1cccc(Cl)c1-c1noc(C2CC2)c1CO[C@@H]1C[C@@H]2C[C@H]1CN2c1ccc(C(=O)O)c(F)c1. The largest absolute Gasteiger partial charge is 0.478 e. The van der Waals surface area contributed by atoms with Crippen LogP contribution in [0, 0.1) is 56.0 Å². The molecule has 18 nitrogen and oxygen atoms in total. The predicted octanol–water partition coefficient (Wildman–Crippen LogP) is 19.3. The van der Waals surface area contributed by atoms with Crippen molar-refractivity contribution in [2.45, 2.75) is 172 Å². The number of aromatic carboxylic acids is 1. The molecule has 9 atom stereocenters. The molecule has 18 rings (SSSR count). The Hall–Kier alpha value is -8.06. The van der Waals surface area contributed by atoms with Crippen molar-refractivity contribution in [2.75, 3.05) is 43.7 Å². The van der Waals surface area contributed by atoms with Crippen molar-refractivity contribution in [2.24, 2.45) is 17.8 Å². The summed E-state index contributed by atoms with van der Waals surface area (Å²) in [5.74, 6) is 1.07. The van der Waals surface area contributed by atoms with Crippen LogP contribution in [-0.4, -0.2) is 109 Å². The number of methoxy groups -OCH3 is 2. The second-order valence-corrected chi connectivity index (χ2v) is 32.1. The Labute approximate surface area is 647 Å². The number of carbonyl (C=O) groups is 3. The first-order chi connectivity index (χ1) is 52.2. The molecule has 9 fully saturated rings. The number of hydrogen-bond donors (Lipinski definition) is 2. The summed E-state index contributed by atoms with van der Waals surface area (Å²) >= 11 is 22.7. The average molecular weight is 1600 g/mol. The number of anilines is 2. The zero-order valence-corrected chi connectivity index (χ0v) is 64.2. The van der Waals surface area contributed by atoms with E-state index in [2.05, 4.69) is 69.0 Å². The maximum atomic E-state index is 14.5. The van der Waals surface area contributed by atoms with Crippen molar-refractivity contribution in [3.63, 3.8) is 0 Å².